The fourth-order valence-corrected chi connectivity index (χ4v) is 2.84. The van der Waals surface area contributed by atoms with E-state index in [1.165, 1.54) is 0 Å². The summed E-state index contributed by atoms with van der Waals surface area (Å²) in [5, 5.41) is 11.6. The van der Waals surface area contributed by atoms with Crippen LogP contribution in [0.1, 0.15) is 17.2 Å². The molecule has 3 aromatic rings. The van der Waals surface area contributed by atoms with Crippen LogP contribution in [0.25, 0.3) is 10.9 Å². The predicted octanol–water partition coefficient (Wildman–Crippen LogP) is 4.09. The third kappa shape index (κ3) is 2.77. The van der Waals surface area contributed by atoms with E-state index in [4.69, 9.17) is 4.74 Å². The van der Waals surface area contributed by atoms with Gasteiger partial charge in [-0.2, -0.15) is 0 Å². The number of fused-ring (bicyclic) bond motifs is 1. The van der Waals surface area contributed by atoms with Crippen LogP contribution in [-0.4, -0.2) is 17.2 Å². The molecule has 21 heavy (non-hydrogen) atoms. The molecular formula is C17H14BrNO2. The molecule has 2 aromatic carbocycles. The van der Waals surface area contributed by atoms with E-state index in [0.29, 0.717) is 0 Å². The summed E-state index contributed by atoms with van der Waals surface area (Å²) < 4.78 is 6.02. The highest BCUT2D eigenvalue weighted by atomic mass is 79.9. The highest BCUT2D eigenvalue weighted by Gasteiger charge is 2.13. The largest absolute Gasteiger partial charge is 0.496 e. The molecule has 0 fully saturated rings. The molecule has 0 aliphatic rings. The topological polar surface area (TPSA) is 42.4 Å². The Balaban J connectivity index is 1.99. The number of aromatic nitrogens is 1. The van der Waals surface area contributed by atoms with Crippen LogP contribution in [0, 0.1) is 0 Å². The average molecular weight is 344 g/mol. The monoisotopic (exact) mass is 343 g/mol. The number of ether oxygens (including phenoxy) is 1. The molecule has 1 N–H and O–H groups in total. The molecule has 0 saturated heterocycles. The predicted molar refractivity (Wildman–Crippen MR) is 86.5 cm³/mol. The Morgan fingerprint density at radius 3 is 2.67 bits per heavy atom. The minimum Gasteiger partial charge on any atom is -0.496 e. The molecule has 0 aliphatic heterocycles. The second-order valence-corrected chi connectivity index (χ2v) is 5.61. The number of para-hydroxylation sites is 1. The summed E-state index contributed by atoms with van der Waals surface area (Å²) in [5.41, 5.74) is 2.48. The van der Waals surface area contributed by atoms with E-state index >= 15 is 0 Å². The standard InChI is InChI=1S/C17H14BrNO2/c1-21-16-7-6-12(9-14(16)18)17(20)13-8-11-4-2-3-5-15(11)19-10-13/h2-10,17,20H,1H3. The summed E-state index contributed by atoms with van der Waals surface area (Å²) in [5.74, 6) is 0.739. The van der Waals surface area contributed by atoms with Gasteiger partial charge >= 0.3 is 0 Å². The number of hydrogen-bond acceptors (Lipinski definition) is 3. The second kappa shape index (κ2) is 5.84. The van der Waals surface area contributed by atoms with Gasteiger partial charge in [0.2, 0.25) is 0 Å². The quantitative estimate of drug-likeness (QED) is 0.778. The summed E-state index contributed by atoms with van der Waals surface area (Å²) in [7, 11) is 1.61. The van der Waals surface area contributed by atoms with Crippen molar-refractivity contribution in [2.45, 2.75) is 6.10 Å². The minimum absolute atomic E-state index is 0.718. The fraction of sp³-hybridized carbons (Fsp3) is 0.118. The van der Waals surface area contributed by atoms with Crippen LogP contribution in [0.5, 0.6) is 5.75 Å². The lowest BCUT2D eigenvalue weighted by Crippen LogP contribution is -2.01. The average Bonchev–Trinajstić information content (AvgIpc) is 2.53. The number of aliphatic hydroxyl groups excluding tert-OH is 1. The zero-order chi connectivity index (χ0) is 14.8. The molecule has 1 unspecified atom stereocenters. The van der Waals surface area contributed by atoms with Gasteiger partial charge in [0.15, 0.2) is 0 Å². The molecule has 0 spiro atoms. The number of benzene rings is 2. The van der Waals surface area contributed by atoms with Gasteiger partial charge in [-0.25, -0.2) is 0 Å². The van der Waals surface area contributed by atoms with Crippen molar-refractivity contribution in [3.63, 3.8) is 0 Å². The van der Waals surface area contributed by atoms with Crippen LogP contribution < -0.4 is 4.74 Å². The molecular weight excluding hydrogens is 330 g/mol. The Morgan fingerprint density at radius 2 is 1.90 bits per heavy atom. The molecule has 1 aromatic heterocycles. The Bertz CT molecular complexity index is 789. The number of aliphatic hydroxyl groups is 1. The molecule has 0 aliphatic carbocycles. The molecule has 0 saturated carbocycles. The first kappa shape index (κ1) is 14.0. The van der Waals surface area contributed by atoms with Gasteiger partial charge in [0, 0.05) is 17.1 Å². The smallest absolute Gasteiger partial charge is 0.133 e. The summed E-state index contributed by atoms with van der Waals surface area (Å²) in [6.45, 7) is 0. The van der Waals surface area contributed by atoms with Crippen molar-refractivity contribution in [2.24, 2.45) is 0 Å². The third-order valence-electron chi connectivity index (χ3n) is 3.42. The highest BCUT2D eigenvalue weighted by Crippen LogP contribution is 2.31. The van der Waals surface area contributed by atoms with Gasteiger partial charge in [-0.3, -0.25) is 4.98 Å². The van der Waals surface area contributed by atoms with E-state index < -0.39 is 6.10 Å². The summed E-state index contributed by atoms with van der Waals surface area (Å²) in [6, 6.07) is 15.4. The highest BCUT2D eigenvalue weighted by molar-refractivity contribution is 9.10. The Kier molecular flexibility index (Phi) is 3.90. The van der Waals surface area contributed by atoms with E-state index in [0.717, 1.165) is 32.3 Å². The lowest BCUT2D eigenvalue weighted by atomic mass is 10.0. The van der Waals surface area contributed by atoms with E-state index in [1.807, 2.05) is 48.5 Å². The number of hydrogen-bond donors (Lipinski definition) is 1. The van der Waals surface area contributed by atoms with Crippen molar-refractivity contribution in [1.82, 2.24) is 4.98 Å². The maximum atomic E-state index is 10.5. The van der Waals surface area contributed by atoms with Gasteiger partial charge in [0.05, 0.1) is 17.1 Å². The number of rotatable bonds is 3. The first-order valence-corrected chi connectivity index (χ1v) is 7.34. The molecule has 0 radical (unpaired) electrons. The summed E-state index contributed by atoms with van der Waals surface area (Å²) >= 11 is 3.44. The molecule has 1 heterocycles. The number of nitrogens with zero attached hydrogens (tertiary/aromatic N) is 1. The first-order chi connectivity index (χ1) is 10.2. The molecule has 0 amide bonds. The molecule has 3 nitrogen and oxygen atoms in total. The summed E-state index contributed by atoms with van der Waals surface area (Å²) in [6.07, 6.45) is 0.995. The second-order valence-electron chi connectivity index (χ2n) is 4.76. The summed E-state index contributed by atoms with van der Waals surface area (Å²) in [4.78, 5) is 4.39. The number of methoxy groups -OCH3 is 1. The maximum absolute atomic E-state index is 10.5. The molecule has 106 valence electrons. The van der Waals surface area contributed by atoms with Gasteiger partial charge in [0.1, 0.15) is 11.9 Å². The van der Waals surface area contributed by atoms with Crippen molar-refractivity contribution >= 4 is 26.8 Å². The Morgan fingerprint density at radius 1 is 1.10 bits per heavy atom. The normalized spacial score (nSPS) is 12.3. The number of pyridine rings is 1. The lowest BCUT2D eigenvalue weighted by molar-refractivity contribution is 0.220. The van der Waals surface area contributed by atoms with Gasteiger partial charge in [-0.15, -0.1) is 0 Å². The Hall–Kier alpha value is -1.91. The SMILES string of the molecule is COc1ccc(C(O)c2cnc3ccccc3c2)cc1Br. The van der Waals surface area contributed by atoms with E-state index in [9.17, 15) is 5.11 Å². The van der Waals surface area contributed by atoms with Gasteiger partial charge < -0.3 is 9.84 Å². The van der Waals surface area contributed by atoms with Crippen LogP contribution in [0.4, 0.5) is 0 Å². The van der Waals surface area contributed by atoms with Crippen molar-refractivity contribution in [3.8, 4) is 5.75 Å². The molecule has 3 rings (SSSR count). The van der Waals surface area contributed by atoms with Crippen molar-refractivity contribution in [2.75, 3.05) is 7.11 Å². The van der Waals surface area contributed by atoms with Gasteiger partial charge in [-0.05, 0) is 45.8 Å². The Labute approximate surface area is 131 Å². The van der Waals surface area contributed by atoms with E-state index in [2.05, 4.69) is 20.9 Å². The lowest BCUT2D eigenvalue weighted by Gasteiger charge is -2.13. The molecule has 1 atom stereocenters. The zero-order valence-corrected chi connectivity index (χ0v) is 13.0. The van der Waals surface area contributed by atoms with Crippen LogP contribution in [-0.2, 0) is 0 Å². The fourth-order valence-electron chi connectivity index (χ4n) is 2.28. The van der Waals surface area contributed by atoms with E-state index in [1.54, 1.807) is 13.3 Å². The van der Waals surface area contributed by atoms with Gasteiger partial charge in [0.25, 0.3) is 0 Å². The number of halogens is 1. The molecule has 4 heteroatoms. The maximum Gasteiger partial charge on any atom is 0.133 e. The van der Waals surface area contributed by atoms with Gasteiger partial charge in [-0.1, -0.05) is 24.3 Å². The first-order valence-electron chi connectivity index (χ1n) is 6.55. The van der Waals surface area contributed by atoms with E-state index in [-0.39, 0.29) is 0 Å². The van der Waals surface area contributed by atoms with Crippen molar-refractivity contribution < 1.29 is 9.84 Å². The van der Waals surface area contributed by atoms with Crippen molar-refractivity contribution in [3.05, 3.63) is 70.3 Å². The zero-order valence-electron chi connectivity index (χ0n) is 11.5. The third-order valence-corrected chi connectivity index (χ3v) is 4.04. The minimum atomic E-state index is -0.718. The van der Waals surface area contributed by atoms with Crippen LogP contribution in [0.15, 0.2) is 59.2 Å². The van der Waals surface area contributed by atoms with Crippen LogP contribution >= 0.6 is 15.9 Å². The van der Waals surface area contributed by atoms with Crippen LogP contribution in [0.3, 0.4) is 0 Å². The molecule has 0 bridgehead atoms. The van der Waals surface area contributed by atoms with Crippen molar-refractivity contribution in [1.29, 1.82) is 0 Å². The van der Waals surface area contributed by atoms with Crippen LogP contribution in [0.2, 0.25) is 0 Å².